The predicted molar refractivity (Wildman–Crippen MR) is 178 cm³/mol. The number of amides is 1. The highest BCUT2D eigenvalue weighted by molar-refractivity contribution is 9.10. The van der Waals surface area contributed by atoms with Gasteiger partial charge < -0.3 is 28.7 Å². The van der Waals surface area contributed by atoms with E-state index < -0.39 is 17.0 Å². The van der Waals surface area contributed by atoms with Gasteiger partial charge in [-0.15, -0.1) is 0 Å². The number of esters is 1. The van der Waals surface area contributed by atoms with Gasteiger partial charge in [-0.25, -0.2) is 14.0 Å². The maximum atomic E-state index is 15.5. The molecule has 1 aromatic heterocycles. The van der Waals surface area contributed by atoms with Crippen LogP contribution in [0.25, 0.3) is 10.9 Å². The molecule has 11 nitrogen and oxygen atoms in total. The van der Waals surface area contributed by atoms with Crippen molar-refractivity contribution in [3.05, 3.63) is 21.4 Å². The van der Waals surface area contributed by atoms with Gasteiger partial charge in [-0.2, -0.15) is 9.97 Å². The number of nitrogens with zero attached hydrogens (tertiary/aromatic N) is 5. The highest BCUT2D eigenvalue weighted by Gasteiger charge is 2.32. The van der Waals surface area contributed by atoms with Crippen LogP contribution < -0.4 is 9.64 Å². The number of carbonyl (C=O) groups excluding carboxylic acids is 2. The first-order chi connectivity index (χ1) is 21.5. The Balaban J connectivity index is 1.37. The van der Waals surface area contributed by atoms with Crippen molar-refractivity contribution in [2.75, 3.05) is 64.0 Å². The Morgan fingerprint density at radius 1 is 1.04 bits per heavy atom. The molecule has 1 aromatic carbocycles. The largest absolute Gasteiger partial charge is 0.462 e. The normalized spacial score (nSPS) is 18.6. The number of ether oxygens (including phenoxy) is 4. The van der Waals surface area contributed by atoms with E-state index in [1.165, 1.54) is 0 Å². The Hall–Kier alpha value is -2.48. The van der Waals surface area contributed by atoms with Crippen molar-refractivity contribution in [2.45, 2.75) is 78.6 Å². The van der Waals surface area contributed by atoms with Crippen LogP contribution in [-0.4, -0.2) is 108 Å². The molecule has 256 valence electrons. The fourth-order valence-electron chi connectivity index (χ4n) is 5.51. The number of carbonyl (C=O) groups is 2. The Labute approximate surface area is 284 Å². The number of likely N-dealkylation sites (tertiary alicyclic amines) is 1. The average molecular weight is 731 g/mol. The summed E-state index contributed by atoms with van der Waals surface area (Å²) in [7, 11) is 0. The van der Waals surface area contributed by atoms with Crippen LogP contribution in [0.3, 0.4) is 0 Å². The number of hydrogen-bond donors (Lipinski definition) is 0. The maximum Gasteiger partial charge on any atom is 0.410 e. The van der Waals surface area contributed by atoms with Crippen LogP contribution in [0.15, 0.2) is 10.5 Å². The van der Waals surface area contributed by atoms with Gasteiger partial charge in [0.05, 0.1) is 16.1 Å². The molecule has 46 heavy (non-hydrogen) atoms. The molecule has 3 heterocycles. The molecule has 2 saturated heterocycles. The van der Waals surface area contributed by atoms with Crippen molar-refractivity contribution in [3.8, 4) is 6.01 Å². The van der Waals surface area contributed by atoms with Crippen LogP contribution >= 0.6 is 27.5 Å². The lowest BCUT2D eigenvalue weighted by molar-refractivity contribution is -0.160. The fraction of sp³-hybridized carbons (Fsp3) is 0.688. The summed E-state index contributed by atoms with van der Waals surface area (Å²) >= 11 is 9.59. The molecule has 1 atom stereocenters. The third kappa shape index (κ3) is 10.0. The molecule has 2 fully saturated rings. The van der Waals surface area contributed by atoms with Gasteiger partial charge in [-0.05, 0) is 102 Å². The second-order valence-electron chi connectivity index (χ2n) is 13.9. The summed E-state index contributed by atoms with van der Waals surface area (Å²) in [5.41, 5.74) is -1.02. The zero-order valence-electron chi connectivity index (χ0n) is 27.8. The summed E-state index contributed by atoms with van der Waals surface area (Å²) in [5.74, 6) is -0.0742. The number of aromatic nitrogens is 2. The molecule has 0 unspecified atom stereocenters. The second-order valence-corrected chi connectivity index (χ2v) is 15.1. The van der Waals surface area contributed by atoms with Gasteiger partial charge in [-0.1, -0.05) is 11.6 Å². The summed E-state index contributed by atoms with van der Waals surface area (Å²) in [5, 5.41) is 0.675. The van der Waals surface area contributed by atoms with Crippen LogP contribution in [0, 0.1) is 11.7 Å². The molecule has 0 aliphatic carbocycles. The smallest absolute Gasteiger partial charge is 0.410 e. The molecule has 4 rings (SSSR count). The number of piperidine rings is 1. The van der Waals surface area contributed by atoms with E-state index in [2.05, 4.69) is 25.8 Å². The van der Waals surface area contributed by atoms with E-state index in [4.69, 9.17) is 35.5 Å². The molecule has 0 saturated carbocycles. The molecule has 0 bridgehead atoms. The van der Waals surface area contributed by atoms with E-state index in [1.54, 1.807) is 11.0 Å². The second kappa shape index (κ2) is 15.2. The van der Waals surface area contributed by atoms with E-state index in [0.717, 1.165) is 25.9 Å². The molecular weight excluding hydrogens is 685 g/mol. The first kappa shape index (κ1) is 36.4. The number of fused-ring (bicyclic) bond motifs is 1. The van der Waals surface area contributed by atoms with Crippen LogP contribution in [0.5, 0.6) is 6.01 Å². The van der Waals surface area contributed by atoms with E-state index in [9.17, 15) is 9.59 Å². The quantitative estimate of drug-likeness (QED) is 0.223. The van der Waals surface area contributed by atoms with E-state index in [-0.39, 0.29) is 45.7 Å². The van der Waals surface area contributed by atoms with Crippen molar-refractivity contribution in [1.82, 2.24) is 19.8 Å². The Kier molecular flexibility index (Phi) is 12.0. The molecule has 0 N–H and O–H groups in total. The number of halogens is 3. The lowest BCUT2D eigenvalue weighted by atomic mass is 9.98. The zero-order valence-corrected chi connectivity index (χ0v) is 30.2. The van der Waals surface area contributed by atoms with Crippen molar-refractivity contribution >= 4 is 56.3 Å². The number of rotatable bonds is 9. The van der Waals surface area contributed by atoms with Crippen molar-refractivity contribution in [2.24, 2.45) is 5.92 Å². The summed E-state index contributed by atoms with van der Waals surface area (Å²) < 4.78 is 38.1. The number of piperazine rings is 1. The van der Waals surface area contributed by atoms with E-state index in [1.807, 2.05) is 53.4 Å². The van der Waals surface area contributed by atoms with E-state index in [0.29, 0.717) is 56.5 Å². The molecule has 2 aromatic rings. The molecule has 1 amide bonds. The van der Waals surface area contributed by atoms with Crippen molar-refractivity contribution in [3.63, 3.8) is 0 Å². The summed E-state index contributed by atoms with van der Waals surface area (Å²) in [6, 6.07) is 1.58. The minimum absolute atomic E-state index is 0.0410. The molecule has 0 spiro atoms. The molecule has 2 aliphatic heterocycles. The van der Waals surface area contributed by atoms with Crippen LogP contribution in [-0.2, 0) is 19.0 Å². The van der Waals surface area contributed by atoms with Gasteiger partial charge in [0.2, 0.25) is 0 Å². The minimum atomic E-state index is -0.595. The standard InChI is InChI=1S/C32H46BrClFN5O6/c1-20-17-39(30(42)46-32(5,6)7)12-13-40(20)28-22-16-23(34)25(33)26(35)27(22)36-29(37-28)44-15-14-38-10-8-21(9-11-38)18-43-19-24(41)45-31(2,3)4/h16,20-21H,8-15,17-19H2,1-7H3/t20-/m0/s1. The van der Waals surface area contributed by atoms with Gasteiger partial charge >= 0.3 is 18.1 Å². The Morgan fingerprint density at radius 3 is 2.35 bits per heavy atom. The predicted octanol–water partition coefficient (Wildman–Crippen LogP) is 6.08. The molecule has 0 radical (unpaired) electrons. The van der Waals surface area contributed by atoms with E-state index >= 15 is 4.39 Å². The highest BCUT2D eigenvalue weighted by Crippen LogP contribution is 2.37. The topological polar surface area (TPSA) is 107 Å². The van der Waals surface area contributed by atoms with Crippen LogP contribution in [0.1, 0.15) is 61.3 Å². The zero-order chi connectivity index (χ0) is 33.8. The third-order valence-corrected chi connectivity index (χ3v) is 8.98. The maximum absolute atomic E-state index is 15.5. The first-order valence-electron chi connectivity index (χ1n) is 15.8. The van der Waals surface area contributed by atoms with Gasteiger partial charge in [-0.3, -0.25) is 4.90 Å². The third-order valence-electron chi connectivity index (χ3n) is 7.68. The SMILES string of the molecule is C[C@H]1CN(C(=O)OC(C)(C)C)CCN1c1nc(OCCN2CCC(COCC(=O)OC(C)(C)C)CC2)nc2c(F)c(Br)c(Cl)cc12. The highest BCUT2D eigenvalue weighted by atomic mass is 79.9. The minimum Gasteiger partial charge on any atom is -0.462 e. The number of anilines is 1. The molecule has 2 aliphatic rings. The number of hydrogen-bond acceptors (Lipinski definition) is 10. The van der Waals surface area contributed by atoms with Crippen LogP contribution in [0.2, 0.25) is 5.02 Å². The number of benzene rings is 1. The first-order valence-corrected chi connectivity index (χ1v) is 16.9. The average Bonchev–Trinajstić information content (AvgIpc) is 2.95. The Morgan fingerprint density at radius 2 is 1.72 bits per heavy atom. The Bertz CT molecular complexity index is 1400. The van der Waals surface area contributed by atoms with Crippen molar-refractivity contribution in [1.29, 1.82) is 0 Å². The molecule has 14 heteroatoms. The molecular formula is C32H46BrClFN5O6. The lowest BCUT2D eigenvalue weighted by Crippen LogP contribution is -2.54. The van der Waals surface area contributed by atoms with Gasteiger partial charge in [0.25, 0.3) is 0 Å². The summed E-state index contributed by atoms with van der Waals surface area (Å²) in [4.78, 5) is 39.7. The summed E-state index contributed by atoms with van der Waals surface area (Å²) in [6.45, 7) is 17.5. The lowest BCUT2D eigenvalue weighted by Gasteiger charge is -2.41. The van der Waals surface area contributed by atoms with Gasteiger partial charge in [0.1, 0.15) is 35.8 Å². The van der Waals surface area contributed by atoms with Gasteiger partial charge in [0, 0.05) is 37.6 Å². The fourth-order valence-corrected chi connectivity index (χ4v) is 6.00. The summed E-state index contributed by atoms with van der Waals surface area (Å²) in [6.07, 6.45) is 1.52. The van der Waals surface area contributed by atoms with Crippen LogP contribution in [0.4, 0.5) is 15.0 Å². The monoisotopic (exact) mass is 729 g/mol. The van der Waals surface area contributed by atoms with Crippen molar-refractivity contribution < 1.29 is 32.9 Å². The van der Waals surface area contributed by atoms with Gasteiger partial charge in [0.15, 0.2) is 5.82 Å².